The first-order valence-corrected chi connectivity index (χ1v) is 5.63. The minimum Gasteiger partial charge on any atom is -0.469 e. The van der Waals surface area contributed by atoms with Gasteiger partial charge >= 0.3 is 0 Å². The van der Waals surface area contributed by atoms with Crippen LogP contribution >= 0.6 is 0 Å². The molecule has 0 saturated carbocycles. The van der Waals surface area contributed by atoms with Crippen molar-refractivity contribution < 1.29 is 9.15 Å². The summed E-state index contributed by atoms with van der Waals surface area (Å²) in [5, 5.41) is 0. The summed E-state index contributed by atoms with van der Waals surface area (Å²) in [4.78, 5) is 0. The van der Waals surface area contributed by atoms with Crippen LogP contribution in [-0.4, -0.2) is 12.6 Å². The van der Waals surface area contributed by atoms with Crippen molar-refractivity contribution in [2.75, 3.05) is 6.54 Å². The van der Waals surface area contributed by atoms with Crippen LogP contribution in [0.15, 0.2) is 16.7 Å². The van der Waals surface area contributed by atoms with E-state index >= 15 is 0 Å². The van der Waals surface area contributed by atoms with E-state index in [4.69, 9.17) is 14.9 Å². The van der Waals surface area contributed by atoms with Crippen molar-refractivity contribution in [2.45, 2.75) is 44.8 Å². The number of rotatable bonds is 3. The molecule has 2 N–H and O–H groups in total. The third-order valence-corrected chi connectivity index (χ3v) is 3.01. The van der Waals surface area contributed by atoms with E-state index in [-0.39, 0.29) is 11.7 Å². The third kappa shape index (κ3) is 1.82. The third-order valence-electron chi connectivity index (χ3n) is 3.01. The zero-order valence-electron chi connectivity index (χ0n) is 9.45. The molecule has 0 aliphatic heterocycles. The fraction of sp³-hybridized carbons (Fsp3) is 0.667. The lowest BCUT2D eigenvalue weighted by molar-refractivity contribution is -0.0905. The minimum atomic E-state index is -0.311. The van der Waals surface area contributed by atoms with Gasteiger partial charge in [0.15, 0.2) is 0 Å². The summed E-state index contributed by atoms with van der Waals surface area (Å²) in [6, 6.07) is 2.00. The number of nitrogens with two attached hydrogens (primary N) is 1. The van der Waals surface area contributed by atoms with E-state index in [9.17, 15) is 0 Å². The highest BCUT2D eigenvalue weighted by Crippen LogP contribution is 2.39. The van der Waals surface area contributed by atoms with Gasteiger partial charge in [-0.2, -0.15) is 0 Å². The smallest absolute Gasteiger partial charge is 0.109 e. The van der Waals surface area contributed by atoms with Gasteiger partial charge in [-0.05, 0) is 32.8 Å². The molecule has 3 nitrogen and oxygen atoms in total. The molecule has 1 aromatic rings. The molecule has 1 atom stereocenters. The van der Waals surface area contributed by atoms with Gasteiger partial charge < -0.3 is 14.9 Å². The minimum absolute atomic E-state index is 0.189. The first-order valence-electron chi connectivity index (χ1n) is 5.63. The van der Waals surface area contributed by atoms with Crippen LogP contribution in [0.3, 0.4) is 0 Å². The van der Waals surface area contributed by atoms with Crippen LogP contribution in [0.4, 0.5) is 0 Å². The molecule has 15 heavy (non-hydrogen) atoms. The number of fused-ring (bicyclic) bond motifs is 1. The predicted octanol–water partition coefficient (Wildman–Crippen LogP) is 2.19. The van der Waals surface area contributed by atoms with Crippen LogP contribution in [0, 0.1) is 0 Å². The lowest BCUT2D eigenvalue weighted by Crippen LogP contribution is -2.42. The van der Waals surface area contributed by atoms with Crippen LogP contribution < -0.4 is 5.73 Å². The average molecular weight is 209 g/mol. The highest BCUT2D eigenvalue weighted by atomic mass is 16.5. The van der Waals surface area contributed by atoms with E-state index in [1.165, 1.54) is 0 Å². The van der Waals surface area contributed by atoms with Crippen LogP contribution in [0.2, 0.25) is 0 Å². The molecule has 0 aromatic carbocycles. The van der Waals surface area contributed by atoms with Gasteiger partial charge in [-0.25, -0.2) is 0 Å². The lowest BCUT2D eigenvalue weighted by atomic mass is 9.82. The average Bonchev–Trinajstić information content (AvgIpc) is 2.66. The molecule has 1 aliphatic rings. The van der Waals surface area contributed by atoms with Gasteiger partial charge in [-0.3, -0.25) is 0 Å². The Balaban J connectivity index is 2.35. The van der Waals surface area contributed by atoms with Gasteiger partial charge in [0.1, 0.15) is 11.4 Å². The molecule has 1 aliphatic carbocycles. The van der Waals surface area contributed by atoms with E-state index in [0.717, 1.165) is 30.6 Å². The quantitative estimate of drug-likeness (QED) is 0.830. The van der Waals surface area contributed by atoms with Crippen LogP contribution in [0.1, 0.15) is 38.0 Å². The summed E-state index contributed by atoms with van der Waals surface area (Å²) >= 11 is 0. The largest absolute Gasteiger partial charge is 0.469 e. The first kappa shape index (κ1) is 10.7. The van der Waals surface area contributed by atoms with Crippen molar-refractivity contribution in [1.29, 1.82) is 0 Å². The van der Waals surface area contributed by atoms with E-state index in [1.54, 1.807) is 6.26 Å². The molecule has 1 aromatic heterocycles. The Morgan fingerprint density at radius 3 is 3.07 bits per heavy atom. The zero-order valence-corrected chi connectivity index (χ0v) is 9.45. The van der Waals surface area contributed by atoms with Crippen molar-refractivity contribution in [1.82, 2.24) is 0 Å². The molecule has 1 unspecified atom stereocenters. The van der Waals surface area contributed by atoms with E-state index in [0.29, 0.717) is 6.54 Å². The molecular formula is C12H19NO2. The van der Waals surface area contributed by atoms with E-state index < -0.39 is 0 Å². The predicted molar refractivity (Wildman–Crippen MR) is 58.6 cm³/mol. The molecule has 84 valence electrons. The van der Waals surface area contributed by atoms with Crippen LogP contribution in [0.5, 0.6) is 0 Å². The molecule has 0 spiro atoms. The summed E-state index contributed by atoms with van der Waals surface area (Å²) in [5.74, 6) is 1.05. The molecule has 0 radical (unpaired) electrons. The molecule has 0 bridgehead atoms. The standard InChI is InChI=1S/C12H19NO2/c1-9(2)15-12(8-13)6-3-4-11-10(12)5-7-14-11/h5,7,9H,3-4,6,8,13H2,1-2H3. The molecule has 0 saturated heterocycles. The topological polar surface area (TPSA) is 48.4 Å². The summed E-state index contributed by atoms with van der Waals surface area (Å²) in [6.07, 6.45) is 5.02. The van der Waals surface area contributed by atoms with Crippen molar-refractivity contribution >= 4 is 0 Å². The SMILES string of the molecule is CC(C)OC1(CN)CCCc2occc21. The van der Waals surface area contributed by atoms with Crippen LogP contribution in [0.25, 0.3) is 0 Å². The Morgan fingerprint density at radius 2 is 2.40 bits per heavy atom. The highest BCUT2D eigenvalue weighted by molar-refractivity contribution is 5.28. The summed E-state index contributed by atoms with van der Waals surface area (Å²) in [6.45, 7) is 4.62. The van der Waals surface area contributed by atoms with Crippen molar-refractivity contribution in [2.24, 2.45) is 5.73 Å². The maximum absolute atomic E-state index is 6.03. The zero-order chi connectivity index (χ0) is 10.9. The molecule has 1 heterocycles. The second-order valence-electron chi connectivity index (χ2n) is 4.48. The summed E-state index contributed by atoms with van der Waals surface area (Å²) in [5.41, 5.74) is 6.74. The highest BCUT2D eigenvalue weighted by Gasteiger charge is 2.38. The maximum Gasteiger partial charge on any atom is 0.109 e. The summed E-state index contributed by atoms with van der Waals surface area (Å²) < 4.78 is 11.5. The van der Waals surface area contributed by atoms with Crippen molar-refractivity contribution in [3.05, 3.63) is 23.7 Å². The van der Waals surface area contributed by atoms with E-state index in [1.807, 2.05) is 19.9 Å². The number of furan rings is 1. The summed E-state index contributed by atoms with van der Waals surface area (Å²) in [7, 11) is 0. The number of aryl methyl sites for hydroxylation is 1. The number of ether oxygens (including phenoxy) is 1. The van der Waals surface area contributed by atoms with Crippen LogP contribution in [-0.2, 0) is 16.8 Å². The number of hydrogen-bond donors (Lipinski definition) is 1. The Kier molecular flexibility index (Phi) is 2.85. The molecule has 2 rings (SSSR count). The maximum atomic E-state index is 6.03. The second kappa shape index (κ2) is 3.99. The van der Waals surface area contributed by atoms with Gasteiger partial charge in [0.05, 0.1) is 12.4 Å². The van der Waals surface area contributed by atoms with Crippen molar-refractivity contribution in [3.8, 4) is 0 Å². The van der Waals surface area contributed by atoms with Gasteiger partial charge in [-0.1, -0.05) is 0 Å². The Morgan fingerprint density at radius 1 is 1.60 bits per heavy atom. The van der Waals surface area contributed by atoms with Gasteiger partial charge in [0.2, 0.25) is 0 Å². The molecule has 3 heteroatoms. The Bertz CT molecular complexity index is 332. The Labute approximate surface area is 90.6 Å². The molecule has 0 amide bonds. The van der Waals surface area contributed by atoms with Gasteiger partial charge in [0, 0.05) is 18.5 Å². The molecule has 0 fully saturated rings. The van der Waals surface area contributed by atoms with E-state index in [2.05, 4.69) is 0 Å². The van der Waals surface area contributed by atoms with Gasteiger partial charge in [-0.15, -0.1) is 0 Å². The number of hydrogen-bond acceptors (Lipinski definition) is 3. The van der Waals surface area contributed by atoms with Gasteiger partial charge in [0.25, 0.3) is 0 Å². The Hall–Kier alpha value is -0.800. The normalized spacial score (nSPS) is 25.6. The fourth-order valence-electron chi connectivity index (χ4n) is 2.44. The first-order chi connectivity index (χ1) is 7.18. The molecular weight excluding hydrogens is 190 g/mol. The fourth-order valence-corrected chi connectivity index (χ4v) is 2.44. The second-order valence-corrected chi connectivity index (χ2v) is 4.48. The lowest BCUT2D eigenvalue weighted by Gasteiger charge is -2.37. The monoisotopic (exact) mass is 209 g/mol. The van der Waals surface area contributed by atoms with Crippen molar-refractivity contribution in [3.63, 3.8) is 0 Å².